The van der Waals surface area contributed by atoms with Gasteiger partial charge in [0.15, 0.2) is 9.84 Å². The molecule has 0 spiro atoms. The average molecular weight is 418 g/mol. The molecule has 0 amide bonds. The number of sulfone groups is 1. The van der Waals surface area contributed by atoms with Gasteiger partial charge in [-0.15, -0.1) is 0 Å². The van der Waals surface area contributed by atoms with Gasteiger partial charge in [-0.2, -0.15) is 0 Å². The molecule has 2 aromatic carbocycles. The number of hydrogen-bond donors (Lipinski definition) is 0. The highest BCUT2D eigenvalue weighted by Gasteiger charge is 2.20. The number of fused-ring (bicyclic) bond motifs is 2. The normalized spacial score (nSPS) is 13.8. The molecular formula is C19H16BrNO3S. The van der Waals surface area contributed by atoms with Gasteiger partial charge >= 0.3 is 0 Å². The van der Waals surface area contributed by atoms with Gasteiger partial charge in [0, 0.05) is 22.3 Å². The first-order valence-corrected chi connectivity index (χ1v) is 10.7. The molecule has 0 aliphatic heterocycles. The molecule has 0 N–H and O–H groups in total. The molecule has 3 aromatic rings. The molecule has 25 heavy (non-hydrogen) atoms. The molecule has 1 heterocycles. The van der Waals surface area contributed by atoms with Crippen LogP contribution in [0.1, 0.15) is 17.5 Å². The molecule has 0 fully saturated rings. The van der Waals surface area contributed by atoms with E-state index in [2.05, 4.69) is 20.9 Å². The molecule has 128 valence electrons. The van der Waals surface area contributed by atoms with Crippen molar-refractivity contribution in [1.29, 1.82) is 0 Å². The van der Waals surface area contributed by atoms with Crippen LogP contribution in [-0.2, 0) is 22.7 Å². The molecule has 0 bridgehead atoms. The SMILES string of the molecule is CS(=O)(=O)c1ccc2nccc(Oc3ccc(Br)c4c3CCC4)c2c1. The van der Waals surface area contributed by atoms with Crippen molar-refractivity contribution in [2.45, 2.75) is 24.2 Å². The van der Waals surface area contributed by atoms with Crippen molar-refractivity contribution in [3.8, 4) is 11.5 Å². The number of ether oxygens (including phenoxy) is 1. The lowest BCUT2D eigenvalue weighted by Crippen LogP contribution is -1.98. The van der Waals surface area contributed by atoms with E-state index in [0.717, 1.165) is 29.5 Å². The minimum atomic E-state index is -3.29. The Kier molecular flexibility index (Phi) is 4.04. The first-order valence-electron chi connectivity index (χ1n) is 8.00. The highest BCUT2D eigenvalue weighted by Crippen LogP contribution is 2.39. The summed E-state index contributed by atoms with van der Waals surface area (Å²) >= 11 is 3.61. The predicted molar refractivity (Wildman–Crippen MR) is 101 cm³/mol. The number of halogens is 1. The minimum absolute atomic E-state index is 0.263. The summed E-state index contributed by atoms with van der Waals surface area (Å²) in [7, 11) is -3.29. The van der Waals surface area contributed by atoms with Gasteiger partial charge in [-0.3, -0.25) is 4.98 Å². The smallest absolute Gasteiger partial charge is 0.175 e. The highest BCUT2D eigenvalue weighted by atomic mass is 79.9. The minimum Gasteiger partial charge on any atom is -0.456 e. The lowest BCUT2D eigenvalue weighted by molar-refractivity contribution is 0.482. The van der Waals surface area contributed by atoms with Crippen LogP contribution in [0.15, 0.2) is 52.0 Å². The Labute approximate surface area is 154 Å². The zero-order chi connectivity index (χ0) is 17.6. The lowest BCUT2D eigenvalue weighted by Gasteiger charge is -2.13. The van der Waals surface area contributed by atoms with E-state index in [0.29, 0.717) is 16.7 Å². The Morgan fingerprint density at radius 2 is 1.84 bits per heavy atom. The second-order valence-electron chi connectivity index (χ2n) is 6.22. The molecule has 1 aliphatic carbocycles. The Balaban J connectivity index is 1.84. The van der Waals surface area contributed by atoms with Gasteiger partial charge in [0.1, 0.15) is 11.5 Å². The Hall–Kier alpha value is -1.92. The number of nitrogens with zero attached hydrogens (tertiary/aromatic N) is 1. The van der Waals surface area contributed by atoms with E-state index in [1.54, 1.807) is 30.5 Å². The fourth-order valence-corrected chi connectivity index (χ4v) is 4.48. The van der Waals surface area contributed by atoms with Crippen LogP contribution >= 0.6 is 15.9 Å². The maximum atomic E-state index is 11.9. The van der Waals surface area contributed by atoms with E-state index >= 15 is 0 Å². The fourth-order valence-electron chi connectivity index (χ4n) is 3.26. The topological polar surface area (TPSA) is 56.3 Å². The Morgan fingerprint density at radius 3 is 2.64 bits per heavy atom. The van der Waals surface area contributed by atoms with Crippen LogP contribution in [0.25, 0.3) is 10.9 Å². The summed E-state index contributed by atoms with van der Waals surface area (Å²) in [6.07, 6.45) is 6.03. The Morgan fingerprint density at radius 1 is 1.04 bits per heavy atom. The van der Waals surface area contributed by atoms with Crippen molar-refractivity contribution in [2.75, 3.05) is 6.26 Å². The molecule has 0 radical (unpaired) electrons. The van der Waals surface area contributed by atoms with Crippen molar-refractivity contribution >= 4 is 36.7 Å². The van der Waals surface area contributed by atoms with Crippen LogP contribution in [0, 0.1) is 0 Å². The number of pyridine rings is 1. The zero-order valence-corrected chi connectivity index (χ0v) is 16.0. The second-order valence-corrected chi connectivity index (χ2v) is 9.09. The third-order valence-electron chi connectivity index (χ3n) is 4.51. The number of benzene rings is 2. The van der Waals surface area contributed by atoms with Gasteiger partial charge < -0.3 is 4.74 Å². The van der Waals surface area contributed by atoms with E-state index < -0.39 is 9.84 Å². The maximum Gasteiger partial charge on any atom is 0.175 e. The van der Waals surface area contributed by atoms with Crippen LogP contribution < -0.4 is 4.74 Å². The summed E-state index contributed by atoms with van der Waals surface area (Å²) < 4.78 is 31.1. The third-order valence-corrected chi connectivity index (χ3v) is 6.36. The standard InChI is InChI=1S/C19H16BrNO3S/c1-25(22,23)12-5-7-17-15(11-12)19(9-10-21-17)24-18-8-6-16(20)13-3-2-4-14(13)18/h5-11H,2-4H2,1H3. The van der Waals surface area contributed by atoms with E-state index in [1.165, 1.54) is 17.4 Å². The quantitative estimate of drug-likeness (QED) is 0.620. The average Bonchev–Trinajstić information content (AvgIpc) is 3.07. The molecule has 1 aromatic heterocycles. The summed E-state index contributed by atoms with van der Waals surface area (Å²) in [4.78, 5) is 4.57. The third kappa shape index (κ3) is 3.04. The molecule has 4 rings (SSSR count). The van der Waals surface area contributed by atoms with Gasteiger partial charge in [-0.25, -0.2) is 8.42 Å². The van der Waals surface area contributed by atoms with E-state index in [9.17, 15) is 8.42 Å². The lowest BCUT2D eigenvalue weighted by atomic mass is 10.1. The summed E-state index contributed by atoms with van der Waals surface area (Å²) in [6.45, 7) is 0. The summed E-state index contributed by atoms with van der Waals surface area (Å²) in [5.41, 5.74) is 3.23. The van der Waals surface area contributed by atoms with Crippen LogP contribution in [0.3, 0.4) is 0 Å². The van der Waals surface area contributed by atoms with Gasteiger partial charge in [0.2, 0.25) is 0 Å². The van der Waals surface area contributed by atoms with E-state index in [1.807, 2.05) is 12.1 Å². The molecule has 0 unspecified atom stereocenters. The van der Waals surface area contributed by atoms with Crippen LogP contribution in [0.2, 0.25) is 0 Å². The van der Waals surface area contributed by atoms with Gasteiger partial charge in [-0.05, 0) is 66.8 Å². The molecule has 6 heteroatoms. The molecule has 0 atom stereocenters. The van der Waals surface area contributed by atoms with Crippen molar-refractivity contribution in [2.24, 2.45) is 0 Å². The van der Waals surface area contributed by atoms with E-state index in [-0.39, 0.29) is 4.90 Å². The molecular weight excluding hydrogens is 402 g/mol. The monoisotopic (exact) mass is 417 g/mol. The van der Waals surface area contributed by atoms with Crippen molar-refractivity contribution in [3.63, 3.8) is 0 Å². The predicted octanol–water partition coefficient (Wildman–Crippen LogP) is 4.68. The van der Waals surface area contributed by atoms with Crippen LogP contribution in [-0.4, -0.2) is 19.7 Å². The van der Waals surface area contributed by atoms with Gasteiger partial charge in [0.05, 0.1) is 10.4 Å². The van der Waals surface area contributed by atoms with E-state index in [4.69, 9.17) is 4.74 Å². The zero-order valence-electron chi connectivity index (χ0n) is 13.6. The fraction of sp³-hybridized carbons (Fsp3) is 0.211. The molecule has 1 aliphatic rings. The number of aromatic nitrogens is 1. The molecule has 0 saturated heterocycles. The molecule has 4 nitrogen and oxygen atoms in total. The van der Waals surface area contributed by atoms with Crippen LogP contribution in [0.4, 0.5) is 0 Å². The van der Waals surface area contributed by atoms with Crippen molar-refractivity contribution in [1.82, 2.24) is 4.98 Å². The Bertz CT molecular complexity index is 1090. The number of rotatable bonds is 3. The van der Waals surface area contributed by atoms with Crippen molar-refractivity contribution in [3.05, 3.63) is 58.2 Å². The first kappa shape index (κ1) is 16.5. The van der Waals surface area contributed by atoms with Gasteiger partial charge in [-0.1, -0.05) is 15.9 Å². The van der Waals surface area contributed by atoms with Gasteiger partial charge in [0.25, 0.3) is 0 Å². The second kappa shape index (κ2) is 6.11. The highest BCUT2D eigenvalue weighted by molar-refractivity contribution is 9.10. The summed E-state index contributed by atoms with van der Waals surface area (Å²) in [5, 5.41) is 0.695. The molecule has 0 saturated carbocycles. The first-order chi connectivity index (χ1) is 11.9. The van der Waals surface area contributed by atoms with Crippen molar-refractivity contribution < 1.29 is 13.2 Å². The van der Waals surface area contributed by atoms with Crippen LogP contribution in [0.5, 0.6) is 11.5 Å². The largest absolute Gasteiger partial charge is 0.456 e. The summed E-state index contributed by atoms with van der Waals surface area (Å²) in [5.74, 6) is 1.44. The maximum absolute atomic E-state index is 11.9. The number of hydrogen-bond acceptors (Lipinski definition) is 4. The summed E-state index contributed by atoms with van der Waals surface area (Å²) in [6, 6.07) is 10.7.